The zero-order valence-electron chi connectivity index (χ0n) is 12.3. The minimum absolute atomic E-state index is 0.260. The van der Waals surface area contributed by atoms with E-state index in [-0.39, 0.29) is 5.92 Å². The molecule has 21 heavy (non-hydrogen) atoms. The fraction of sp³-hybridized carbons (Fsp3) is 0.846. The van der Waals surface area contributed by atoms with Crippen LogP contribution in [0, 0.1) is 5.92 Å². The van der Waals surface area contributed by atoms with Crippen molar-refractivity contribution in [2.24, 2.45) is 5.92 Å². The Kier molecular flexibility index (Phi) is 6.32. The van der Waals surface area contributed by atoms with E-state index in [9.17, 15) is 18.4 Å². The standard InChI is InChI=1S/C13H22F2N2O4/c1-9(2)7-13(14,15)8-10(11(18)19)16-12(20)17-3-5-21-6-4-17/h9-10H,3-8H2,1-2H3,(H,16,20)(H,18,19). The van der Waals surface area contributed by atoms with E-state index < -0.39 is 36.8 Å². The molecule has 1 saturated heterocycles. The molecule has 1 aliphatic heterocycles. The SMILES string of the molecule is CC(C)CC(F)(F)CC(NC(=O)N1CCOCC1)C(=O)O. The Balaban J connectivity index is 2.60. The van der Waals surface area contributed by atoms with Gasteiger partial charge in [-0.25, -0.2) is 18.4 Å². The van der Waals surface area contributed by atoms with Gasteiger partial charge in [-0.1, -0.05) is 13.8 Å². The summed E-state index contributed by atoms with van der Waals surface area (Å²) >= 11 is 0. The van der Waals surface area contributed by atoms with Crippen LogP contribution in [0.2, 0.25) is 0 Å². The van der Waals surface area contributed by atoms with Crippen LogP contribution < -0.4 is 5.32 Å². The van der Waals surface area contributed by atoms with Gasteiger partial charge in [0.25, 0.3) is 5.92 Å². The number of carboxylic acids is 1. The van der Waals surface area contributed by atoms with E-state index in [4.69, 9.17) is 9.84 Å². The lowest BCUT2D eigenvalue weighted by molar-refractivity contribution is -0.142. The predicted molar refractivity (Wildman–Crippen MR) is 71.4 cm³/mol. The number of ether oxygens (including phenoxy) is 1. The van der Waals surface area contributed by atoms with E-state index >= 15 is 0 Å². The minimum atomic E-state index is -3.13. The van der Waals surface area contributed by atoms with Gasteiger partial charge in [-0.3, -0.25) is 0 Å². The van der Waals surface area contributed by atoms with Crippen molar-refractivity contribution in [3.05, 3.63) is 0 Å². The summed E-state index contributed by atoms with van der Waals surface area (Å²) in [7, 11) is 0. The Morgan fingerprint density at radius 2 is 1.86 bits per heavy atom. The van der Waals surface area contributed by atoms with Crippen LogP contribution in [0.15, 0.2) is 0 Å². The van der Waals surface area contributed by atoms with Crippen molar-refractivity contribution in [2.45, 2.75) is 38.7 Å². The molecule has 0 spiro atoms. The van der Waals surface area contributed by atoms with Crippen LogP contribution in [0.5, 0.6) is 0 Å². The molecule has 1 atom stereocenters. The van der Waals surface area contributed by atoms with Gasteiger partial charge in [0.15, 0.2) is 0 Å². The average Bonchev–Trinajstić information content (AvgIpc) is 2.36. The molecule has 8 heteroatoms. The number of carboxylic acid groups (broad SMARTS) is 1. The smallest absolute Gasteiger partial charge is 0.326 e. The molecule has 0 radical (unpaired) electrons. The third kappa shape index (κ3) is 6.24. The van der Waals surface area contributed by atoms with E-state index in [0.717, 1.165) is 0 Å². The van der Waals surface area contributed by atoms with E-state index in [0.29, 0.717) is 26.3 Å². The number of rotatable bonds is 6. The molecule has 0 aromatic carbocycles. The van der Waals surface area contributed by atoms with Gasteiger partial charge in [-0.2, -0.15) is 0 Å². The summed E-state index contributed by atoms with van der Waals surface area (Å²) in [6.45, 7) is 4.62. The molecule has 1 aliphatic rings. The van der Waals surface area contributed by atoms with Crippen LogP contribution in [0.4, 0.5) is 13.6 Å². The molecule has 2 N–H and O–H groups in total. The minimum Gasteiger partial charge on any atom is -0.480 e. The Morgan fingerprint density at radius 1 is 1.29 bits per heavy atom. The molecular formula is C13H22F2N2O4. The number of nitrogens with zero attached hydrogens (tertiary/aromatic N) is 1. The lowest BCUT2D eigenvalue weighted by Gasteiger charge is -2.29. The van der Waals surface area contributed by atoms with E-state index in [1.807, 2.05) is 0 Å². The van der Waals surface area contributed by atoms with E-state index in [2.05, 4.69) is 5.32 Å². The summed E-state index contributed by atoms with van der Waals surface area (Å²) in [5, 5.41) is 11.2. The second-order valence-electron chi connectivity index (χ2n) is 5.60. The van der Waals surface area contributed by atoms with Crippen molar-refractivity contribution in [1.29, 1.82) is 0 Å². The maximum absolute atomic E-state index is 13.7. The molecule has 1 rings (SSSR count). The fourth-order valence-electron chi connectivity index (χ4n) is 2.19. The Hall–Kier alpha value is -1.44. The van der Waals surface area contributed by atoms with Crippen molar-refractivity contribution in [2.75, 3.05) is 26.3 Å². The van der Waals surface area contributed by atoms with E-state index in [1.165, 1.54) is 4.90 Å². The molecule has 0 aromatic rings. The monoisotopic (exact) mass is 308 g/mol. The molecule has 6 nitrogen and oxygen atoms in total. The topological polar surface area (TPSA) is 78.9 Å². The number of carbonyl (C=O) groups is 2. The lowest BCUT2D eigenvalue weighted by atomic mass is 9.99. The Labute approximate surface area is 122 Å². The number of morpholine rings is 1. The van der Waals surface area contributed by atoms with Gasteiger partial charge in [0.05, 0.1) is 13.2 Å². The van der Waals surface area contributed by atoms with Crippen molar-refractivity contribution in [3.63, 3.8) is 0 Å². The largest absolute Gasteiger partial charge is 0.480 e. The zero-order valence-corrected chi connectivity index (χ0v) is 12.3. The van der Waals surface area contributed by atoms with Crippen LogP contribution in [0.1, 0.15) is 26.7 Å². The number of aliphatic carboxylic acids is 1. The van der Waals surface area contributed by atoms with Gasteiger partial charge in [0, 0.05) is 25.9 Å². The van der Waals surface area contributed by atoms with Crippen molar-refractivity contribution in [3.8, 4) is 0 Å². The number of nitrogens with one attached hydrogen (secondary N) is 1. The zero-order chi connectivity index (χ0) is 16.0. The summed E-state index contributed by atoms with van der Waals surface area (Å²) in [6.07, 6.45) is -1.32. The molecular weight excluding hydrogens is 286 g/mol. The second kappa shape index (κ2) is 7.53. The third-order valence-corrected chi connectivity index (χ3v) is 3.10. The van der Waals surface area contributed by atoms with Crippen LogP contribution in [0.3, 0.4) is 0 Å². The molecule has 1 heterocycles. The number of hydrogen-bond donors (Lipinski definition) is 2. The van der Waals surface area contributed by atoms with Crippen molar-refractivity contribution in [1.82, 2.24) is 10.2 Å². The molecule has 0 bridgehead atoms. The van der Waals surface area contributed by atoms with Crippen LogP contribution >= 0.6 is 0 Å². The number of urea groups is 1. The summed E-state index contributed by atoms with van der Waals surface area (Å²) in [5.74, 6) is -4.85. The van der Waals surface area contributed by atoms with Gasteiger partial charge in [-0.15, -0.1) is 0 Å². The highest BCUT2D eigenvalue weighted by atomic mass is 19.3. The molecule has 0 saturated carbocycles. The van der Waals surface area contributed by atoms with E-state index in [1.54, 1.807) is 13.8 Å². The normalized spacial score (nSPS) is 17.7. The number of carbonyl (C=O) groups excluding carboxylic acids is 1. The number of amides is 2. The summed E-state index contributed by atoms with van der Waals surface area (Å²) in [4.78, 5) is 24.3. The van der Waals surface area contributed by atoms with Gasteiger partial charge in [0.2, 0.25) is 0 Å². The molecule has 122 valence electrons. The molecule has 2 amide bonds. The number of alkyl halides is 2. The van der Waals surface area contributed by atoms with Crippen molar-refractivity contribution < 1.29 is 28.2 Å². The highest BCUT2D eigenvalue weighted by Gasteiger charge is 2.37. The third-order valence-electron chi connectivity index (χ3n) is 3.10. The first-order chi connectivity index (χ1) is 9.71. The number of hydrogen-bond acceptors (Lipinski definition) is 3. The van der Waals surface area contributed by atoms with Crippen LogP contribution in [-0.4, -0.2) is 60.3 Å². The Morgan fingerprint density at radius 3 is 2.33 bits per heavy atom. The van der Waals surface area contributed by atoms with Crippen LogP contribution in [0.25, 0.3) is 0 Å². The van der Waals surface area contributed by atoms with Gasteiger partial charge in [-0.05, 0) is 5.92 Å². The lowest BCUT2D eigenvalue weighted by Crippen LogP contribution is -2.52. The first-order valence-corrected chi connectivity index (χ1v) is 6.95. The van der Waals surface area contributed by atoms with Gasteiger partial charge in [0.1, 0.15) is 6.04 Å². The summed E-state index contributed by atoms with van der Waals surface area (Å²) in [6, 6.07) is -2.25. The van der Waals surface area contributed by atoms with Gasteiger partial charge < -0.3 is 20.1 Å². The highest BCUT2D eigenvalue weighted by molar-refractivity contribution is 5.82. The first-order valence-electron chi connectivity index (χ1n) is 6.95. The molecule has 1 unspecified atom stereocenters. The fourth-order valence-corrected chi connectivity index (χ4v) is 2.19. The number of halogens is 2. The first kappa shape index (κ1) is 17.6. The second-order valence-corrected chi connectivity index (χ2v) is 5.60. The highest BCUT2D eigenvalue weighted by Crippen LogP contribution is 2.28. The molecule has 0 aromatic heterocycles. The Bertz CT molecular complexity index is 371. The maximum Gasteiger partial charge on any atom is 0.326 e. The summed E-state index contributed by atoms with van der Waals surface area (Å²) in [5.41, 5.74) is 0. The van der Waals surface area contributed by atoms with Crippen molar-refractivity contribution >= 4 is 12.0 Å². The summed E-state index contributed by atoms with van der Waals surface area (Å²) < 4.78 is 32.5. The molecule has 1 fully saturated rings. The quantitative estimate of drug-likeness (QED) is 0.780. The van der Waals surface area contributed by atoms with Gasteiger partial charge >= 0.3 is 12.0 Å². The van der Waals surface area contributed by atoms with Crippen LogP contribution in [-0.2, 0) is 9.53 Å². The maximum atomic E-state index is 13.7. The predicted octanol–water partition coefficient (Wildman–Crippen LogP) is 1.55. The average molecular weight is 308 g/mol. The molecule has 0 aliphatic carbocycles.